The quantitative estimate of drug-likeness (QED) is 0.426. The van der Waals surface area contributed by atoms with Crippen molar-refractivity contribution in [2.75, 3.05) is 7.11 Å². The van der Waals surface area contributed by atoms with E-state index in [0.29, 0.717) is 0 Å². The average Bonchev–Trinajstić information content (AvgIpc) is 2.56. The summed E-state index contributed by atoms with van der Waals surface area (Å²) in [6.07, 6.45) is 12.3. The van der Waals surface area contributed by atoms with Crippen molar-refractivity contribution in [3.8, 4) is 5.75 Å². The van der Waals surface area contributed by atoms with E-state index in [2.05, 4.69) is 45.9 Å². The minimum absolute atomic E-state index is 0.260. The van der Waals surface area contributed by atoms with Crippen LogP contribution in [0.3, 0.4) is 0 Å². The highest BCUT2D eigenvalue weighted by atomic mass is 35.5. The van der Waals surface area contributed by atoms with Gasteiger partial charge >= 0.3 is 0 Å². The summed E-state index contributed by atoms with van der Waals surface area (Å²) in [7, 11) is 1.70. The van der Waals surface area contributed by atoms with Crippen LogP contribution in [-0.4, -0.2) is 12.4 Å². The molecule has 0 aliphatic heterocycles. The standard InChI is InChI=1S/C22H27ClO2/c1-15(8-7-9-16(2)11-13-22(23)24)10-12-20-17(3)14-21(25-6)19(5)18(20)4/h7-12,14H,13H2,1-6H3/b9-7+,12-10+,15-8+,16-11+. The van der Waals surface area contributed by atoms with E-state index in [4.69, 9.17) is 16.3 Å². The third kappa shape index (κ3) is 6.75. The van der Waals surface area contributed by atoms with Gasteiger partial charge in [-0.05, 0) is 74.5 Å². The molecule has 0 saturated heterocycles. The van der Waals surface area contributed by atoms with E-state index in [1.165, 1.54) is 22.3 Å². The molecule has 1 rings (SSSR count). The molecule has 0 N–H and O–H groups in total. The fourth-order valence-electron chi connectivity index (χ4n) is 2.46. The van der Waals surface area contributed by atoms with Gasteiger partial charge in [0, 0.05) is 6.42 Å². The number of aryl methyl sites for hydroxylation is 1. The minimum atomic E-state index is -0.345. The molecule has 0 amide bonds. The normalized spacial score (nSPS) is 13.1. The molecule has 0 saturated carbocycles. The van der Waals surface area contributed by atoms with Crippen molar-refractivity contribution in [1.82, 2.24) is 0 Å². The van der Waals surface area contributed by atoms with Crippen LogP contribution < -0.4 is 4.74 Å². The molecule has 1 aromatic rings. The lowest BCUT2D eigenvalue weighted by atomic mass is 9.96. The number of hydrogen-bond acceptors (Lipinski definition) is 2. The molecule has 0 unspecified atom stereocenters. The van der Waals surface area contributed by atoms with Crippen LogP contribution in [0, 0.1) is 20.8 Å². The SMILES string of the molecule is COc1cc(C)c(/C=C/C(C)=C/C=C/C(C)=C/CC(=O)Cl)c(C)c1C. The Kier molecular flexibility index (Phi) is 8.44. The summed E-state index contributed by atoms with van der Waals surface area (Å²) < 4.78 is 5.42. The van der Waals surface area contributed by atoms with E-state index >= 15 is 0 Å². The largest absolute Gasteiger partial charge is 0.496 e. The molecule has 25 heavy (non-hydrogen) atoms. The maximum atomic E-state index is 10.7. The Morgan fingerprint density at radius 1 is 1.12 bits per heavy atom. The topological polar surface area (TPSA) is 26.3 Å². The van der Waals surface area contributed by atoms with Gasteiger partial charge < -0.3 is 4.74 Å². The molecule has 0 heterocycles. The van der Waals surface area contributed by atoms with Crippen molar-refractivity contribution in [3.05, 3.63) is 69.8 Å². The van der Waals surface area contributed by atoms with Crippen molar-refractivity contribution < 1.29 is 9.53 Å². The second kappa shape index (κ2) is 10.0. The van der Waals surface area contributed by atoms with E-state index in [1.807, 2.05) is 31.2 Å². The zero-order valence-corrected chi connectivity index (χ0v) is 16.7. The molecule has 0 radical (unpaired) electrons. The second-order valence-corrected chi connectivity index (χ2v) is 6.59. The van der Waals surface area contributed by atoms with Gasteiger partial charge in [-0.1, -0.05) is 47.6 Å². The van der Waals surface area contributed by atoms with E-state index in [1.54, 1.807) is 7.11 Å². The monoisotopic (exact) mass is 358 g/mol. The third-order valence-corrected chi connectivity index (χ3v) is 4.30. The first-order valence-electron chi connectivity index (χ1n) is 8.29. The molecule has 0 bridgehead atoms. The van der Waals surface area contributed by atoms with Crippen LogP contribution in [0.15, 0.2) is 47.6 Å². The third-order valence-electron chi connectivity index (χ3n) is 4.14. The van der Waals surface area contributed by atoms with Crippen LogP contribution in [0.5, 0.6) is 5.75 Å². The van der Waals surface area contributed by atoms with E-state index in [0.717, 1.165) is 16.9 Å². The van der Waals surface area contributed by atoms with Crippen molar-refractivity contribution in [1.29, 1.82) is 0 Å². The summed E-state index contributed by atoms with van der Waals surface area (Å²) in [5.74, 6) is 0.931. The zero-order chi connectivity index (χ0) is 19.0. The van der Waals surface area contributed by atoms with Gasteiger partial charge in [-0.25, -0.2) is 0 Å². The Hall–Kier alpha value is -2.06. The highest BCUT2D eigenvalue weighted by molar-refractivity contribution is 6.63. The Morgan fingerprint density at radius 3 is 2.40 bits per heavy atom. The molecule has 0 aliphatic rings. The van der Waals surface area contributed by atoms with E-state index in [9.17, 15) is 4.79 Å². The zero-order valence-electron chi connectivity index (χ0n) is 15.9. The van der Waals surface area contributed by atoms with Gasteiger partial charge in [0.05, 0.1) is 7.11 Å². The van der Waals surface area contributed by atoms with Crippen LogP contribution in [-0.2, 0) is 4.79 Å². The van der Waals surface area contributed by atoms with Crippen molar-refractivity contribution in [2.45, 2.75) is 41.0 Å². The smallest absolute Gasteiger partial charge is 0.225 e. The second-order valence-electron chi connectivity index (χ2n) is 6.17. The number of hydrogen-bond donors (Lipinski definition) is 0. The molecule has 2 nitrogen and oxygen atoms in total. The molecule has 3 heteroatoms. The molecule has 0 fully saturated rings. The predicted molar refractivity (Wildman–Crippen MR) is 108 cm³/mol. The van der Waals surface area contributed by atoms with Gasteiger partial charge in [0.2, 0.25) is 5.24 Å². The number of carbonyl (C=O) groups is 1. The van der Waals surface area contributed by atoms with Crippen LogP contribution in [0.2, 0.25) is 0 Å². The Balaban J connectivity index is 2.90. The van der Waals surface area contributed by atoms with Crippen molar-refractivity contribution in [3.63, 3.8) is 0 Å². The Morgan fingerprint density at radius 2 is 1.80 bits per heavy atom. The van der Waals surface area contributed by atoms with Gasteiger partial charge in [0.1, 0.15) is 5.75 Å². The van der Waals surface area contributed by atoms with Crippen molar-refractivity contribution in [2.24, 2.45) is 0 Å². The molecule has 0 spiro atoms. The highest BCUT2D eigenvalue weighted by Crippen LogP contribution is 2.28. The molecule has 134 valence electrons. The van der Waals surface area contributed by atoms with Crippen LogP contribution in [0.25, 0.3) is 6.08 Å². The number of allylic oxidation sites excluding steroid dienone is 7. The lowest BCUT2D eigenvalue weighted by molar-refractivity contribution is -0.110. The molecular weight excluding hydrogens is 332 g/mol. The number of methoxy groups -OCH3 is 1. The lowest BCUT2D eigenvalue weighted by Crippen LogP contribution is -1.95. The fourth-order valence-corrected chi connectivity index (χ4v) is 2.54. The Labute approximate surface area is 156 Å². The molecule has 0 aromatic heterocycles. The van der Waals surface area contributed by atoms with Crippen molar-refractivity contribution >= 4 is 22.9 Å². The van der Waals surface area contributed by atoms with Gasteiger partial charge in [-0.3, -0.25) is 4.79 Å². The van der Waals surface area contributed by atoms with Crippen LogP contribution in [0.1, 0.15) is 42.5 Å². The number of halogens is 1. The lowest BCUT2D eigenvalue weighted by Gasteiger charge is -2.13. The number of rotatable bonds is 7. The molecular formula is C22H27ClO2. The summed E-state index contributed by atoms with van der Waals surface area (Å²) >= 11 is 5.32. The first-order valence-corrected chi connectivity index (χ1v) is 8.67. The maximum absolute atomic E-state index is 10.7. The predicted octanol–water partition coefficient (Wildman–Crippen LogP) is 6.24. The molecule has 1 aromatic carbocycles. The first kappa shape index (κ1) is 21.0. The molecule has 0 aliphatic carbocycles. The van der Waals surface area contributed by atoms with Gasteiger partial charge in [0.25, 0.3) is 0 Å². The fraction of sp³-hybridized carbons (Fsp3) is 0.318. The van der Waals surface area contributed by atoms with Gasteiger partial charge in [-0.15, -0.1) is 0 Å². The number of carbonyl (C=O) groups excluding carboxylic acids is 1. The minimum Gasteiger partial charge on any atom is -0.496 e. The van der Waals surface area contributed by atoms with E-state index < -0.39 is 0 Å². The molecule has 0 atom stereocenters. The summed E-state index contributed by atoms with van der Waals surface area (Å²) in [5.41, 5.74) is 6.99. The summed E-state index contributed by atoms with van der Waals surface area (Å²) in [5, 5.41) is -0.345. The first-order chi connectivity index (χ1) is 11.8. The maximum Gasteiger partial charge on any atom is 0.225 e. The average molecular weight is 359 g/mol. The number of ether oxygens (including phenoxy) is 1. The summed E-state index contributed by atoms with van der Waals surface area (Å²) in [4.78, 5) is 10.7. The van der Waals surface area contributed by atoms with Gasteiger partial charge in [-0.2, -0.15) is 0 Å². The van der Waals surface area contributed by atoms with Gasteiger partial charge in [0.15, 0.2) is 0 Å². The van der Waals surface area contributed by atoms with E-state index in [-0.39, 0.29) is 11.7 Å². The summed E-state index contributed by atoms with van der Waals surface area (Å²) in [6, 6.07) is 2.08. The highest BCUT2D eigenvalue weighted by Gasteiger charge is 2.08. The summed E-state index contributed by atoms with van der Waals surface area (Å²) in [6.45, 7) is 10.3. The number of benzene rings is 1. The van der Waals surface area contributed by atoms with Crippen LogP contribution >= 0.6 is 11.6 Å². The van der Waals surface area contributed by atoms with Crippen LogP contribution in [0.4, 0.5) is 0 Å². The Bertz CT molecular complexity index is 750.